The fraction of sp³-hybridized carbons (Fsp3) is 0.438. The Balaban J connectivity index is 1.36. The minimum Gasteiger partial charge on any atom is -0.454 e. The monoisotopic (exact) mass is 547 g/mol. The molecule has 2 aromatic carbocycles. The summed E-state index contributed by atoms with van der Waals surface area (Å²) in [5.41, 5.74) is 2.49. The molecule has 0 radical (unpaired) electrons. The van der Waals surface area contributed by atoms with Crippen LogP contribution in [-0.2, 0) is 17.9 Å². The van der Waals surface area contributed by atoms with E-state index in [4.69, 9.17) is 9.47 Å². The van der Waals surface area contributed by atoms with Crippen molar-refractivity contribution >= 4 is 11.8 Å². The molecule has 3 aromatic rings. The standard InChI is InChI=1S/C32H38FN3O4/c1-23(2)18-35(32(38)25-12-15-29-30(17-25)40-22-39-29)21-31(37)36(27-7-4-3-5-8-27)20-28-9-6-16-34(28)19-24-10-13-26(33)14-11-24/h6,9-17,23,27H,3-5,7-8,18-22H2,1-2H3. The van der Waals surface area contributed by atoms with E-state index < -0.39 is 0 Å². The molecule has 2 heterocycles. The number of ether oxygens (including phenoxy) is 2. The van der Waals surface area contributed by atoms with E-state index in [1.54, 1.807) is 35.2 Å². The zero-order valence-electron chi connectivity index (χ0n) is 23.4. The van der Waals surface area contributed by atoms with E-state index in [0.717, 1.165) is 36.9 Å². The van der Waals surface area contributed by atoms with Gasteiger partial charge in [-0.25, -0.2) is 4.39 Å². The summed E-state index contributed by atoms with van der Waals surface area (Å²) in [7, 11) is 0. The minimum atomic E-state index is -0.258. The molecule has 0 atom stereocenters. The lowest BCUT2D eigenvalue weighted by Crippen LogP contribution is -2.48. The highest BCUT2D eigenvalue weighted by molar-refractivity contribution is 5.97. The summed E-state index contributed by atoms with van der Waals surface area (Å²) in [6, 6.07) is 15.8. The number of nitrogens with zero attached hydrogens (tertiary/aromatic N) is 3. The lowest BCUT2D eigenvalue weighted by atomic mass is 9.94. The summed E-state index contributed by atoms with van der Waals surface area (Å²) in [6.07, 6.45) is 7.29. The summed E-state index contributed by atoms with van der Waals surface area (Å²) >= 11 is 0. The summed E-state index contributed by atoms with van der Waals surface area (Å²) in [4.78, 5) is 31.3. The van der Waals surface area contributed by atoms with E-state index in [1.165, 1.54) is 18.6 Å². The highest BCUT2D eigenvalue weighted by Gasteiger charge is 2.30. The first-order valence-electron chi connectivity index (χ1n) is 14.2. The van der Waals surface area contributed by atoms with Crippen LogP contribution < -0.4 is 9.47 Å². The van der Waals surface area contributed by atoms with Gasteiger partial charge in [-0.05, 0) is 66.8 Å². The number of aromatic nitrogens is 1. The topological polar surface area (TPSA) is 64.0 Å². The normalized spacial score (nSPS) is 14.9. The molecule has 0 bridgehead atoms. The third kappa shape index (κ3) is 6.66. The largest absolute Gasteiger partial charge is 0.454 e. The first kappa shape index (κ1) is 27.7. The van der Waals surface area contributed by atoms with Crippen molar-refractivity contribution in [2.45, 2.75) is 65.1 Å². The SMILES string of the molecule is CC(C)CN(CC(=O)N(Cc1cccn1Cc1ccc(F)cc1)C1CCCCC1)C(=O)c1ccc2c(c1)OCO2. The van der Waals surface area contributed by atoms with Gasteiger partial charge in [0.15, 0.2) is 11.5 Å². The second kappa shape index (κ2) is 12.6. The summed E-state index contributed by atoms with van der Waals surface area (Å²) in [5, 5.41) is 0. The molecular weight excluding hydrogens is 509 g/mol. The van der Waals surface area contributed by atoms with Crippen LogP contribution in [0.1, 0.15) is 67.6 Å². The zero-order valence-corrected chi connectivity index (χ0v) is 23.4. The maximum atomic E-state index is 14.0. The van der Waals surface area contributed by atoms with Gasteiger partial charge >= 0.3 is 0 Å². The Labute approximate surface area is 235 Å². The molecule has 1 fully saturated rings. The van der Waals surface area contributed by atoms with Crippen LogP contribution in [0.2, 0.25) is 0 Å². The van der Waals surface area contributed by atoms with Gasteiger partial charge in [0, 0.05) is 36.6 Å². The van der Waals surface area contributed by atoms with Crippen LogP contribution >= 0.6 is 0 Å². The molecule has 2 amide bonds. The first-order valence-corrected chi connectivity index (χ1v) is 14.2. The molecule has 2 aliphatic rings. The molecule has 40 heavy (non-hydrogen) atoms. The number of carbonyl (C=O) groups is 2. The molecule has 0 N–H and O–H groups in total. The van der Waals surface area contributed by atoms with Gasteiger partial charge in [0.05, 0.1) is 6.54 Å². The second-order valence-electron chi connectivity index (χ2n) is 11.2. The molecule has 5 rings (SSSR count). The van der Waals surface area contributed by atoms with Crippen LogP contribution in [0.3, 0.4) is 0 Å². The smallest absolute Gasteiger partial charge is 0.254 e. The van der Waals surface area contributed by atoms with Crippen LogP contribution in [0.25, 0.3) is 0 Å². The first-order chi connectivity index (χ1) is 19.4. The van der Waals surface area contributed by atoms with Gasteiger partial charge in [-0.3, -0.25) is 9.59 Å². The average molecular weight is 548 g/mol. The number of halogens is 1. The van der Waals surface area contributed by atoms with Crippen molar-refractivity contribution in [2.24, 2.45) is 5.92 Å². The van der Waals surface area contributed by atoms with Crippen molar-refractivity contribution in [2.75, 3.05) is 19.9 Å². The number of fused-ring (bicyclic) bond motifs is 1. The van der Waals surface area contributed by atoms with Crippen LogP contribution in [0.5, 0.6) is 11.5 Å². The van der Waals surface area contributed by atoms with E-state index in [-0.39, 0.29) is 42.9 Å². The average Bonchev–Trinajstić information content (AvgIpc) is 3.61. The number of benzene rings is 2. The van der Waals surface area contributed by atoms with Gasteiger partial charge < -0.3 is 23.8 Å². The molecule has 212 valence electrons. The van der Waals surface area contributed by atoms with Gasteiger partial charge in [0.1, 0.15) is 12.4 Å². The summed E-state index contributed by atoms with van der Waals surface area (Å²) < 4.78 is 26.4. The van der Waals surface area contributed by atoms with Crippen LogP contribution in [-0.4, -0.2) is 52.1 Å². The molecule has 8 heteroatoms. The lowest BCUT2D eigenvalue weighted by Gasteiger charge is -2.36. The van der Waals surface area contributed by atoms with Crippen LogP contribution in [0, 0.1) is 11.7 Å². The Morgan fingerprint density at radius 1 is 1.00 bits per heavy atom. The summed E-state index contributed by atoms with van der Waals surface area (Å²) in [6.45, 7) is 5.78. The number of hydrogen-bond donors (Lipinski definition) is 0. The van der Waals surface area contributed by atoms with Gasteiger partial charge in [0.25, 0.3) is 5.91 Å². The highest BCUT2D eigenvalue weighted by Crippen LogP contribution is 2.33. The van der Waals surface area contributed by atoms with Crippen molar-refractivity contribution in [1.29, 1.82) is 0 Å². The molecule has 0 spiro atoms. The molecule has 0 unspecified atom stereocenters. The Morgan fingerprint density at radius 2 is 1.75 bits per heavy atom. The number of amides is 2. The molecule has 7 nitrogen and oxygen atoms in total. The number of hydrogen-bond acceptors (Lipinski definition) is 4. The van der Waals surface area contributed by atoms with E-state index >= 15 is 0 Å². The molecule has 0 saturated heterocycles. The molecular formula is C32H38FN3O4. The third-order valence-electron chi connectivity index (χ3n) is 7.68. The van der Waals surface area contributed by atoms with E-state index in [9.17, 15) is 14.0 Å². The second-order valence-corrected chi connectivity index (χ2v) is 11.2. The molecule has 1 aliphatic carbocycles. The maximum absolute atomic E-state index is 14.0. The van der Waals surface area contributed by atoms with Gasteiger partial charge in [-0.1, -0.05) is 45.2 Å². The van der Waals surface area contributed by atoms with Gasteiger partial charge in [0.2, 0.25) is 12.7 Å². The zero-order chi connectivity index (χ0) is 28.1. The third-order valence-corrected chi connectivity index (χ3v) is 7.68. The van der Waals surface area contributed by atoms with E-state index in [1.807, 2.05) is 37.1 Å². The van der Waals surface area contributed by atoms with Crippen LogP contribution in [0.4, 0.5) is 4.39 Å². The molecule has 1 saturated carbocycles. The van der Waals surface area contributed by atoms with Crippen molar-refractivity contribution in [3.05, 3.63) is 83.4 Å². The number of rotatable bonds is 10. The van der Waals surface area contributed by atoms with Crippen molar-refractivity contribution in [1.82, 2.24) is 14.4 Å². The van der Waals surface area contributed by atoms with Gasteiger partial charge in [-0.15, -0.1) is 0 Å². The Bertz CT molecular complexity index is 1310. The predicted octanol–water partition coefficient (Wildman–Crippen LogP) is 5.86. The number of carbonyl (C=O) groups excluding carboxylic acids is 2. The summed E-state index contributed by atoms with van der Waals surface area (Å²) in [5.74, 6) is 0.871. The fourth-order valence-corrected chi connectivity index (χ4v) is 5.65. The minimum absolute atomic E-state index is 0.0145. The molecule has 1 aromatic heterocycles. The Morgan fingerprint density at radius 3 is 2.50 bits per heavy atom. The predicted molar refractivity (Wildman–Crippen MR) is 151 cm³/mol. The van der Waals surface area contributed by atoms with Crippen LogP contribution in [0.15, 0.2) is 60.8 Å². The Hall–Kier alpha value is -3.81. The van der Waals surface area contributed by atoms with E-state index in [2.05, 4.69) is 4.57 Å². The van der Waals surface area contributed by atoms with Crippen molar-refractivity contribution in [3.8, 4) is 11.5 Å². The van der Waals surface area contributed by atoms with E-state index in [0.29, 0.717) is 36.7 Å². The highest BCUT2D eigenvalue weighted by atomic mass is 19.1. The molecule has 1 aliphatic heterocycles. The van der Waals surface area contributed by atoms with Crippen molar-refractivity contribution in [3.63, 3.8) is 0 Å². The maximum Gasteiger partial charge on any atom is 0.254 e. The fourth-order valence-electron chi connectivity index (χ4n) is 5.65. The van der Waals surface area contributed by atoms with Gasteiger partial charge in [-0.2, -0.15) is 0 Å². The Kier molecular flexibility index (Phi) is 8.72. The lowest BCUT2D eigenvalue weighted by molar-refractivity contribution is -0.135. The quantitative estimate of drug-likeness (QED) is 0.319. The van der Waals surface area contributed by atoms with Crippen molar-refractivity contribution < 1.29 is 23.5 Å².